The fourth-order valence-electron chi connectivity index (χ4n) is 4.03. The fraction of sp³-hybridized carbons (Fsp3) is 0.538. The van der Waals surface area contributed by atoms with Crippen molar-refractivity contribution in [2.75, 3.05) is 6.61 Å². The van der Waals surface area contributed by atoms with Gasteiger partial charge >= 0.3 is 35.8 Å². The van der Waals surface area contributed by atoms with E-state index in [2.05, 4.69) is 0 Å². The summed E-state index contributed by atoms with van der Waals surface area (Å²) in [6.45, 7) is 2.65. The van der Waals surface area contributed by atoms with Gasteiger partial charge in [0.05, 0.1) is 13.0 Å². The smallest absolute Gasteiger partial charge is 0.460 e. The molecule has 2 unspecified atom stereocenters. The molecule has 0 saturated heterocycles. The largest absolute Gasteiger partial charge is 0.493 e. The minimum Gasteiger partial charge on any atom is -0.493 e. The third-order valence-corrected chi connectivity index (χ3v) is 6.61. The number of hydrogen-bond acceptors (Lipinski definition) is 2. The molecule has 2 atom stereocenters. The molecule has 0 amide bonds. The predicted molar refractivity (Wildman–Crippen MR) is 121 cm³/mol. The van der Waals surface area contributed by atoms with Crippen LogP contribution in [0.1, 0.15) is 50.2 Å². The molecule has 0 aliphatic rings. The van der Waals surface area contributed by atoms with E-state index in [-0.39, 0.29) is 17.9 Å². The minimum absolute atomic E-state index is 0.0434. The topological polar surface area (TPSA) is 29.5 Å². The average molecular weight is 616 g/mol. The first-order chi connectivity index (χ1) is 18.5. The lowest BCUT2D eigenvalue weighted by atomic mass is 9.73. The molecule has 0 aliphatic heterocycles. The van der Waals surface area contributed by atoms with Gasteiger partial charge in [-0.15, -0.1) is 0 Å². The number of hydrogen-bond donors (Lipinski definition) is 1. The fourth-order valence-corrected chi connectivity index (χ4v) is 4.03. The Bertz CT molecular complexity index is 1150. The maximum Gasteiger partial charge on any atom is 0.460 e. The number of alkyl halides is 13. The van der Waals surface area contributed by atoms with Gasteiger partial charge in [-0.05, 0) is 18.1 Å². The van der Waals surface area contributed by atoms with E-state index in [1.165, 1.54) is 36.4 Å². The second-order valence-electron chi connectivity index (χ2n) is 9.43. The Kier molecular flexibility index (Phi) is 9.69. The van der Waals surface area contributed by atoms with Crippen LogP contribution in [-0.2, 0) is 5.60 Å². The van der Waals surface area contributed by atoms with Gasteiger partial charge in [0.25, 0.3) is 0 Å². The minimum atomic E-state index is -8.03. The lowest BCUT2D eigenvalue weighted by Crippen LogP contribution is -2.70. The van der Waals surface area contributed by atoms with Crippen LogP contribution < -0.4 is 4.74 Å². The van der Waals surface area contributed by atoms with Gasteiger partial charge in [0.2, 0.25) is 0 Å². The van der Waals surface area contributed by atoms with Crippen LogP contribution in [0.25, 0.3) is 0 Å². The average Bonchev–Trinajstić information content (AvgIpc) is 2.87. The third-order valence-electron chi connectivity index (χ3n) is 6.61. The van der Waals surface area contributed by atoms with Crippen LogP contribution >= 0.6 is 0 Å². The van der Waals surface area contributed by atoms with Crippen LogP contribution in [0.2, 0.25) is 0 Å². The number of unbranched alkanes of at least 4 members (excludes halogenated alkanes) is 1. The van der Waals surface area contributed by atoms with Gasteiger partial charge in [-0.25, -0.2) is 0 Å². The summed E-state index contributed by atoms with van der Waals surface area (Å²) in [6, 6.07) is 10.9. The van der Waals surface area contributed by atoms with Crippen molar-refractivity contribution in [3.63, 3.8) is 0 Å². The lowest BCUT2D eigenvalue weighted by molar-refractivity contribution is -0.441. The molecule has 0 fully saturated rings. The maximum atomic E-state index is 15.1. The quantitative estimate of drug-likeness (QED) is 0.180. The SMILES string of the molecule is CCCCOc1ccccc1C(O)(CC(F)(F)C(F)(F)C(F)(F)C(F)(F)C(F)(F)C(F)(F)F)C(C)c1ccccc1. The molecule has 0 spiro atoms. The van der Waals surface area contributed by atoms with E-state index < -0.39 is 59.3 Å². The van der Waals surface area contributed by atoms with Crippen LogP contribution in [0.15, 0.2) is 54.6 Å². The molecule has 41 heavy (non-hydrogen) atoms. The highest BCUT2D eigenvalue weighted by Gasteiger charge is 2.90. The molecule has 0 heterocycles. The Morgan fingerprint density at radius 2 is 1.17 bits per heavy atom. The van der Waals surface area contributed by atoms with E-state index in [9.17, 15) is 53.4 Å². The van der Waals surface area contributed by atoms with Crippen molar-refractivity contribution in [1.29, 1.82) is 0 Å². The number of benzene rings is 2. The molecule has 0 saturated carbocycles. The van der Waals surface area contributed by atoms with E-state index in [1.54, 1.807) is 6.92 Å². The zero-order chi connectivity index (χ0) is 31.7. The highest BCUT2D eigenvalue weighted by Crippen LogP contribution is 2.62. The highest BCUT2D eigenvalue weighted by atomic mass is 19.4. The molecule has 232 valence electrons. The summed E-state index contributed by atoms with van der Waals surface area (Å²) in [6.07, 6.45) is -9.39. The summed E-state index contributed by atoms with van der Waals surface area (Å²) in [5, 5.41) is 11.5. The Morgan fingerprint density at radius 3 is 1.68 bits per heavy atom. The van der Waals surface area contributed by atoms with Crippen molar-refractivity contribution in [3.05, 3.63) is 65.7 Å². The zero-order valence-electron chi connectivity index (χ0n) is 21.4. The van der Waals surface area contributed by atoms with Crippen LogP contribution in [0.4, 0.5) is 57.1 Å². The number of halogens is 13. The van der Waals surface area contributed by atoms with Crippen molar-refractivity contribution in [2.45, 2.75) is 80.4 Å². The van der Waals surface area contributed by atoms with Crippen molar-refractivity contribution < 1.29 is 66.9 Å². The molecule has 2 aromatic carbocycles. The normalized spacial score (nSPS) is 16.3. The highest BCUT2D eigenvalue weighted by molar-refractivity contribution is 5.41. The van der Waals surface area contributed by atoms with Gasteiger partial charge < -0.3 is 9.84 Å². The molecular formula is C26H25F13O2. The number of ether oxygens (including phenoxy) is 1. The molecule has 2 aromatic rings. The molecule has 2 rings (SSSR count). The van der Waals surface area contributed by atoms with E-state index in [4.69, 9.17) is 4.74 Å². The van der Waals surface area contributed by atoms with Crippen molar-refractivity contribution in [1.82, 2.24) is 0 Å². The van der Waals surface area contributed by atoms with Crippen LogP contribution in [0.3, 0.4) is 0 Å². The molecule has 0 aromatic heterocycles. The molecule has 0 radical (unpaired) electrons. The van der Waals surface area contributed by atoms with Crippen molar-refractivity contribution in [2.24, 2.45) is 0 Å². The summed E-state index contributed by atoms with van der Waals surface area (Å²) < 4.78 is 185. The first-order valence-corrected chi connectivity index (χ1v) is 12.0. The summed E-state index contributed by atoms with van der Waals surface area (Å²) >= 11 is 0. The Hall–Kier alpha value is -2.71. The van der Waals surface area contributed by atoms with Crippen molar-refractivity contribution >= 4 is 0 Å². The van der Waals surface area contributed by atoms with Crippen LogP contribution in [0.5, 0.6) is 5.75 Å². The van der Waals surface area contributed by atoms with E-state index in [1.807, 2.05) is 0 Å². The Balaban J connectivity index is 2.73. The van der Waals surface area contributed by atoms with Gasteiger partial charge in [0.15, 0.2) is 0 Å². The van der Waals surface area contributed by atoms with Gasteiger partial charge in [-0.1, -0.05) is 68.8 Å². The lowest BCUT2D eigenvalue weighted by Gasteiger charge is -2.43. The van der Waals surface area contributed by atoms with E-state index in [0.29, 0.717) is 12.8 Å². The number of rotatable bonds is 13. The second-order valence-corrected chi connectivity index (χ2v) is 9.43. The molecule has 2 nitrogen and oxygen atoms in total. The van der Waals surface area contributed by atoms with E-state index in [0.717, 1.165) is 25.1 Å². The molecule has 1 N–H and O–H groups in total. The molecule has 0 bridgehead atoms. The number of aliphatic hydroxyl groups is 1. The van der Waals surface area contributed by atoms with Gasteiger partial charge in [-0.2, -0.15) is 57.1 Å². The van der Waals surface area contributed by atoms with Crippen LogP contribution in [0, 0.1) is 0 Å². The number of para-hydroxylation sites is 1. The van der Waals surface area contributed by atoms with Gasteiger partial charge in [0, 0.05) is 11.5 Å². The predicted octanol–water partition coefficient (Wildman–Crippen LogP) is 8.99. The summed E-state index contributed by atoms with van der Waals surface area (Å²) in [5.41, 5.74) is -4.08. The standard InChI is InChI=1S/C26H25F13O2/c1-3-4-14-41-19-13-9-8-12-18(19)20(40,16(2)17-10-6-5-7-11-17)15-21(27,28)22(29,30)23(31,32)24(33,34)25(35,36)26(37,38)39/h5-13,16,40H,3-4,14-15H2,1-2H3. The summed E-state index contributed by atoms with van der Waals surface area (Å²) in [5.74, 6) is -40.0. The second kappa shape index (κ2) is 11.5. The molecular weight excluding hydrogens is 591 g/mol. The first kappa shape index (κ1) is 34.5. The molecule has 15 heteroatoms. The Morgan fingerprint density at radius 1 is 0.683 bits per heavy atom. The van der Waals surface area contributed by atoms with Crippen LogP contribution in [-0.4, -0.2) is 47.5 Å². The Labute approximate surface area is 226 Å². The first-order valence-electron chi connectivity index (χ1n) is 12.0. The van der Waals surface area contributed by atoms with E-state index >= 15 is 8.78 Å². The van der Waals surface area contributed by atoms with Gasteiger partial charge in [0.1, 0.15) is 11.4 Å². The zero-order valence-corrected chi connectivity index (χ0v) is 21.4. The van der Waals surface area contributed by atoms with Crippen molar-refractivity contribution in [3.8, 4) is 5.75 Å². The maximum absolute atomic E-state index is 15.1. The summed E-state index contributed by atoms with van der Waals surface area (Å²) in [4.78, 5) is 0. The van der Waals surface area contributed by atoms with Gasteiger partial charge in [-0.3, -0.25) is 0 Å². The summed E-state index contributed by atoms with van der Waals surface area (Å²) in [7, 11) is 0. The monoisotopic (exact) mass is 616 g/mol. The third kappa shape index (κ3) is 5.96. The molecule has 0 aliphatic carbocycles.